The lowest BCUT2D eigenvalue weighted by Crippen LogP contribution is -2.49. The van der Waals surface area contributed by atoms with E-state index in [2.05, 4.69) is 15.4 Å². The zero-order chi connectivity index (χ0) is 21.1. The average Bonchev–Trinajstić information content (AvgIpc) is 3.21. The first kappa shape index (κ1) is 19.7. The van der Waals surface area contributed by atoms with Crippen LogP contribution in [0.2, 0.25) is 0 Å². The molecule has 0 aliphatic carbocycles. The van der Waals surface area contributed by atoms with Gasteiger partial charge < -0.3 is 19.7 Å². The van der Waals surface area contributed by atoms with Crippen molar-refractivity contribution in [3.63, 3.8) is 0 Å². The van der Waals surface area contributed by atoms with E-state index in [4.69, 9.17) is 14.4 Å². The first-order valence-electron chi connectivity index (χ1n) is 9.48. The van der Waals surface area contributed by atoms with Gasteiger partial charge in [-0.25, -0.2) is 0 Å². The summed E-state index contributed by atoms with van der Waals surface area (Å²) in [4.78, 5) is 25.4. The Morgan fingerprint density at radius 2 is 1.87 bits per heavy atom. The third-order valence-corrected chi connectivity index (χ3v) is 5.04. The zero-order valence-electron chi connectivity index (χ0n) is 16.4. The van der Waals surface area contributed by atoms with Crippen LogP contribution in [0.3, 0.4) is 0 Å². The van der Waals surface area contributed by atoms with Crippen LogP contribution in [0.4, 0.5) is 5.69 Å². The highest BCUT2D eigenvalue weighted by molar-refractivity contribution is 6.03. The van der Waals surface area contributed by atoms with E-state index in [1.807, 2.05) is 24.3 Å². The molecule has 0 unspecified atom stereocenters. The van der Waals surface area contributed by atoms with E-state index in [0.29, 0.717) is 36.8 Å². The summed E-state index contributed by atoms with van der Waals surface area (Å²) < 4.78 is 10.4. The average molecular weight is 407 g/mol. The second-order valence-corrected chi connectivity index (χ2v) is 7.19. The van der Waals surface area contributed by atoms with E-state index in [0.717, 1.165) is 11.1 Å². The lowest BCUT2D eigenvalue weighted by molar-refractivity contribution is -0.147. The molecule has 0 radical (unpaired) electrons. The number of carboxylic acid groups (broad SMARTS) is 1. The Bertz CT molecular complexity index is 1040. The molecule has 1 aliphatic heterocycles. The summed E-state index contributed by atoms with van der Waals surface area (Å²) in [5, 5.41) is 15.6. The Morgan fingerprint density at radius 3 is 2.50 bits per heavy atom. The highest BCUT2D eigenvalue weighted by Crippen LogP contribution is 2.24. The Labute approximate surface area is 173 Å². The Kier molecular flexibility index (Phi) is 5.49. The molecular weight excluding hydrogens is 386 g/mol. The van der Waals surface area contributed by atoms with Crippen LogP contribution in [0, 0.1) is 5.92 Å². The van der Waals surface area contributed by atoms with Crippen molar-refractivity contribution in [2.24, 2.45) is 5.92 Å². The highest BCUT2D eigenvalue weighted by Gasteiger charge is 2.32. The summed E-state index contributed by atoms with van der Waals surface area (Å²) in [6, 6.07) is 16.3. The predicted molar refractivity (Wildman–Crippen MR) is 109 cm³/mol. The molecule has 3 aromatic rings. The highest BCUT2D eigenvalue weighted by atomic mass is 16.5. The molecule has 154 valence electrons. The minimum atomic E-state index is -0.737. The van der Waals surface area contributed by atoms with Crippen LogP contribution in [-0.4, -0.2) is 47.2 Å². The van der Waals surface area contributed by atoms with Gasteiger partial charge in [-0.1, -0.05) is 29.4 Å². The molecule has 0 bridgehead atoms. The summed E-state index contributed by atoms with van der Waals surface area (Å²) in [7, 11) is 1.58. The van der Waals surface area contributed by atoms with Crippen LogP contribution in [0.5, 0.6) is 5.75 Å². The van der Waals surface area contributed by atoms with E-state index < -0.39 is 5.97 Å². The number of carbonyl (C=O) groups excluding carboxylic acids is 1. The van der Waals surface area contributed by atoms with Crippen molar-refractivity contribution in [2.75, 3.05) is 25.5 Å². The number of nitrogens with one attached hydrogen (secondary N) is 1. The van der Waals surface area contributed by atoms with Gasteiger partial charge in [-0.15, -0.1) is 0 Å². The summed E-state index contributed by atoms with van der Waals surface area (Å²) in [6.07, 6.45) is 0. The molecular formula is C22H21N3O5. The van der Waals surface area contributed by atoms with Gasteiger partial charge in [-0.2, -0.15) is 0 Å². The van der Waals surface area contributed by atoms with Crippen molar-refractivity contribution < 1.29 is 24.0 Å². The summed E-state index contributed by atoms with van der Waals surface area (Å²) in [6.45, 7) is 1.85. The number of rotatable bonds is 7. The largest absolute Gasteiger partial charge is 0.497 e. The fraction of sp³-hybridized carbons (Fsp3) is 0.227. The molecule has 2 heterocycles. The Balaban J connectivity index is 1.36. The number of methoxy groups -OCH3 is 1. The van der Waals surface area contributed by atoms with Crippen LogP contribution in [0.1, 0.15) is 16.1 Å². The van der Waals surface area contributed by atoms with Crippen molar-refractivity contribution in [3.8, 4) is 17.1 Å². The minimum absolute atomic E-state index is 0.185. The zero-order valence-corrected chi connectivity index (χ0v) is 16.4. The number of amides is 1. The normalized spacial score (nSPS) is 14.2. The van der Waals surface area contributed by atoms with E-state index in [1.165, 1.54) is 0 Å². The number of ether oxygens (including phenoxy) is 1. The van der Waals surface area contributed by atoms with Crippen LogP contribution in [0.15, 0.2) is 59.1 Å². The lowest BCUT2D eigenvalue weighted by atomic mass is 9.99. The standard InChI is InChI=1S/C22H21N3O5/c1-29-18-8-6-17(7-9-18)23-21(26)19-10-20(30-24-19)15-4-2-14(3-5-15)11-25-12-16(13-25)22(27)28/h2-10,16H,11-13H2,1H3,(H,23,26)(H,27,28). The number of anilines is 1. The minimum Gasteiger partial charge on any atom is -0.497 e. The van der Waals surface area contributed by atoms with Crippen molar-refractivity contribution in [1.29, 1.82) is 0 Å². The molecule has 1 saturated heterocycles. The summed E-state index contributed by atoms with van der Waals surface area (Å²) in [5.74, 6) is -0.162. The van der Waals surface area contributed by atoms with E-state index in [9.17, 15) is 9.59 Å². The third kappa shape index (κ3) is 4.33. The van der Waals surface area contributed by atoms with Crippen LogP contribution in [-0.2, 0) is 11.3 Å². The van der Waals surface area contributed by atoms with Gasteiger partial charge in [0.25, 0.3) is 5.91 Å². The third-order valence-electron chi connectivity index (χ3n) is 5.04. The summed E-state index contributed by atoms with van der Waals surface area (Å²) in [5.41, 5.74) is 2.71. The van der Waals surface area contributed by atoms with E-state index >= 15 is 0 Å². The molecule has 8 heteroatoms. The Hall–Kier alpha value is -3.65. The number of likely N-dealkylation sites (tertiary alicyclic amines) is 1. The van der Waals surface area contributed by atoms with Gasteiger partial charge in [0.15, 0.2) is 11.5 Å². The smallest absolute Gasteiger partial charge is 0.309 e. The van der Waals surface area contributed by atoms with Crippen LogP contribution >= 0.6 is 0 Å². The lowest BCUT2D eigenvalue weighted by Gasteiger charge is -2.36. The molecule has 2 N–H and O–H groups in total. The second-order valence-electron chi connectivity index (χ2n) is 7.19. The maximum absolute atomic E-state index is 12.4. The number of hydrogen-bond donors (Lipinski definition) is 2. The second kappa shape index (κ2) is 8.38. The van der Waals surface area contributed by atoms with Crippen LogP contribution in [0.25, 0.3) is 11.3 Å². The van der Waals surface area contributed by atoms with Crippen molar-refractivity contribution in [1.82, 2.24) is 10.1 Å². The molecule has 1 amide bonds. The molecule has 0 spiro atoms. The number of benzene rings is 2. The van der Waals surface area contributed by atoms with Gasteiger partial charge in [-0.05, 0) is 29.8 Å². The van der Waals surface area contributed by atoms with Gasteiger partial charge in [0, 0.05) is 37.0 Å². The topological polar surface area (TPSA) is 105 Å². The van der Waals surface area contributed by atoms with Crippen molar-refractivity contribution >= 4 is 17.6 Å². The molecule has 4 rings (SSSR count). The molecule has 0 atom stereocenters. The molecule has 30 heavy (non-hydrogen) atoms. The Morgan fingerprint density at radius 1 is 1.17 bits per heavy atom. The number of aliphatic carboxylic acids is 1. The predicted octanol–water partition coefficient (Wildman–Crippen LogP) is 3.12. The first-order valence-corrected chi connectivity index (χ1v) is 9.48. The van der Waals surface area contributed by atoms with E-state index in [-0.39, 0.29) is 17.5 Å². The van der Waals surface area contributed by atoms with E-state index in [1.54, 1.807) is 37.4 Å². The maximum atomic E-state index is 12.4. The number of hydrogen-bond acceptors (Lipinski definition) is 6. The molecule has 0 saturated carbocycles. The fourth-order valence-electron chi connectivity index (χ4n) is 3.28. The summed E-state index contributed by atoms with van der Waals surface area (Å²) >= 11 is 0. The number of carbonyl (C=O) groups is 2. The number of carboxylic acids is 1. The molecule has 1 aliphatic rings. The quantitative estimate of drug-likeness (QED) is 0.620. The van der Waals surface area contributed by atoms with Crippen molar-refractivity contribution in [3.05, 3.63) is 65.9 Å². The van der Waals surface area contributed by atoms with Gasteiger partial charge in [0.1, 0.15) is 5.75 Å². The maximum Gasteiger partial charge on any atom is 0.309 e. The van der Waals surface area contributed by atoms with Crippen LogP contribution < -0.4 is 10.1 Å². The van der Waals surface area contributed by atoms with Gasteiger partial charge in [-0.3, -0.25) is 14.5 Å². The molecule has 1 fully saturated rings. The first-order chi connectivity index (χ1) is 14.5. The van der Waals surface area contributed by atoms with Gasteiger partial charge >= 0.3 is 5.97 Å². The fourth-order valence-corrected chi connectivity index (χ4v) is 3.28. The van der Waals surface area contributed by atoms with Gasteiger partial charge in [0.2, 0.25) is 0 Å². The monoisotopic (exact) mass is 407 g/mol. The number of nitrogens with zero attached hydrogens (tertiary/aromatic N) is 2. The molecule has 1 aromatic heterocycles. The van der Waals surface area contributed by atoms with Crippen molar-refractivity contribution in [2.45, 2.75) is 6.54 Å². The number of aromatic nitrogens is 1. The molecule has 8 nitrogen and oxygen atoms in total. The van der Waals surface area contributed by atoms with Gasteiger partial charge in [0.05, 0.1) is 13.0 Å². The SMILES string of the molecule is COc1ccc(NC(=O)c2cc(-c3ccc(CN4CC(C(=O)O)C4)cc3)on2)cc1. The molecule has 2 aromatic carbocycles.